The Kier molecular flexibility index (Phi) is 7.67. The highest BCUT2D eigenvalue weighted by Gasteiger charge is 2.23. The predicted molar refractivity (Wildman–Crippen MR) is 103 cm³/mol. The fourth-order valence-electron chi connectivity index (χ4n) is 3.08. The Morgan fingerprint density at radius 1 is 1.12 bits per heavy atom. The van der Waals surface area contributed by atoms with Crippen LogP contribution in [0.4, 0.5) is 5.69 Å². The second kappa shape index (κ2) is 8.81. The number of hydrogen-bond donors (Lipinski definition) is 2. The number of nitrogens with zero attached hydrogens (tertiary/aromatic N) is 2. The van der Waals surface area contributed by atoms with Crippen LogP contribution in [0.5, 0.6) is 0 Å². The van der Waals surface area contributed by atoms with Gasteiger partial charge in [-0.05, 0) is 38.8 Å². The van der Waals surface area contributed by atoms with Crippen molar-refractivity contribution in [2.24, 2.45) is 5.73 Å². The van der Waals surface area contributed by atoms with Crippen molar-refractivity contribution in [1.29, 1.82) is 0 Å². The number of piperazine rings is 1. The third kappa shape index (κ3) is 6.40. The molecule has 1 amide bonds. The molecule has 0 unspecified atom stereocenters. The summed E-state index contributed by atoms with van der Waals surface area (Å²) < 4.78 is 0. The zero-order valence-corrected chi connectivity index (χ0v) is 16.1. The monoisotopic (exact) mass is 354 g/mol. The first-order valence-electron chi connectivity index (χ1n) is 8.34. The molecule has 1 aromatic rings. The SMILES string of the molecule is Cc1cccc(C)c1NC(=O)CN1CCN(CC(C)(C)N)CC1.Cl. The molecular weight excluding hydrogens is 324 g/mol. The number of anilines is 1. The zero-order chi connectivity index (χ0) is 17.0. The lowest BCUT2D eigenvalue weighted by Gasteiger charge is -2.37. The van der Waals surface area contributed by atoms with Crippen LogP contribution in [0.25, 0.3) is 0 Å². The lowest BCUT2D eigenvalue weighted by Crippen LogP contribution is -2.53. The molecule has 0 saturated carbocycles. The Bertz CT molecular complexity index is 528. The van der Waals surface area contributed by atoms with E-state index in [1.54, 1.807) is 0 Å². The number of halogens is 1. The largest absolute Gasteiger partial charge is 0.324 e. The van der Waals surface area contributed by atoms with E-state index >= 15 is 0 Å². The van der Waals surface area contributed by atoms with E-state index in [1.807, 2.05) is 32.0 Å². The van der Waals surface area contributed by atoms with Gasteiger partial charge in [-0.1, -0.05) is 18.2 Å². The number of rotatable bonds is 5. The van der Waals surface area contributed by atoms with Gasteiger partial charge in [0, 0.05) is 44.0 Å². The Morgan fingerprint density at radius 3 is 2.12 bits per heavy atom. The van der Waals surface area contributed by atoms with Crippen LogP contribution in [-0.4, -0.2) is 60.5 Å². The normalized spacial score (nSPS) is 16.5. The van der Waals surface area contributed by atoms with Gasteiger partial charge in [-0.3, -0.25) is 14.6 Å². The summed E-state index contributed by atoms with van der Waals surface area (Å²) in [5.41, 5.74) is 9.07. The quantitative estimate of drug-likeness (QED) is 0.849. The number of benzene rings is 1. The van der Waals surface area contributed by atoms with E-state index in [1.165, 1.54) is 0 Å². The van der Waals surface area contributed by atoms with Crippen molar-refractivity contribution in [3.63, 3.8) is 0 Å². The molecule has 0 radical (unpaired) electrons. The second-order valence-electron chi connectivity index (χ2n) is 7.36. The molecule has 1 aliphatic heterocycles. The molecule has 1 fully saturated rings. The van der Waals surface area contributed by atoms with Gasteiger partial charge in [-0.25, -0.2) is 0 Å². The predicted octanol–water partition coefficient (Wildman–Crippen LogP) is 2.02. The number of aryl methyl sites for hydroxylation is 2. The summed E-state index contributed by atoms with van der Waals surface area (Å²) in [6.45, 7) is 13.3. The molecule has 6 heteroatoms. The Balaban J connectivity index is 0.00000288. The maximum absolute atomic E-state index is 12.3. The average molecular weight is 355 g/mol. The van der Waals surface area contributed by atoms with Crippen LogP contribution in [0.3, 0.4) is 0 Å². The summed E-state index contributed by atoms with van der Waals surface area (Å²) in [6.07, 6.45) is 0. The molecule has 2 rings (SSSR count). The molecule has 3 N–H and O–H groups in total. The summed E-state index contributed by atoms with van der Waals surface area (Å²) >= 11 is 0. The van der Waals surface area contributed by atoms with Gasteiger partial charge in [0.15, 0.2) is 0 Å². The first-order valence-corrected chi connectivity index (χ1v) is 8.34. The van der Waals surface area contributed by atoms with Gasteiger partial charge >= 0.3 is 0 Å². The van der Waals surface area contributed by atoms with E-state index in [0.29, 0.717) is 6.54 Å². The van der Waals surface area contributed by atoms with E-state index in [9.17, 15) is 4.79 Å². The fourth-order valence-corrected chi connectivity index (χ4v) is 3.08. The van der Waals surface area contributed by atoms with Crippen LogP contribution < -0.4 is 11.1 Å². The Hall–Kier alpha value is -1.14. The first kappa shape index (κ1) is 20.9. The molecule has 0 aromatic heterocycles. The molecular formula is C18H31ClN4O. The highest BCUT2D eigenvalue weighted by atomic mass is 35.5. The van der Waals surface area contributed by atoms with E-state index in [0.717, 1.165) is 49.5 Å². The minimum absolute atomic E-state index is 0. The number of amides is 1. The number of nitrogens with one attached hydrogen (secondary N) is 1. The third-order valence-electron chi connectivity index (χ3n) is 4.21. The summed E-state index contributed by atoms with van der Waals surface area (Å²) in [5.74, 6) is 0.0648. The van der Waals surface area contributed by atoms with E-state index in [-0.39, 0.29) is 23.9 Å². The lowest BCUT2D eigenvalue weighted by atomic mass is 10.1. The highest BCUT2D eigenvalue weighted by Crippen LogP contribution is 2.19. The van der Waals surface area contributed by atoms with Crippen molar-refractivity contribution in [3.8, 4) is 0 Å². The number of nitrogens with two attached hydrogens (primary N) is 1. The van der Waals surface area contributed by atoms with Gasteiger partial charge in [0.05, 0.1) is 6.54 Å². The minimum Gasteiger partial charge on any atom is -0.324 e. The van der Waals surface area contributed by atoms with E-state index in [2.05, 4.69) is 29.0 Å². The maximum Gasteiger partial charge on any atom is 0.238 e. The van der Waals surface area contributed by atoms with Crippen molar-refractivity contribution in [3.05, 3.63) is 29.3 Å². The highest BCUT2D eigenvalue weighted by molar-refractivity contribution is 5.93. The van der Waals surface area contributed by atoms with Crippen molar-refractivity contribution in [1.82, 2.24) is 9.80 Å². The van der Waals surface area contributed by atoms with Crippen LogP contribution in [-0.2, 0) is 4.79 Å². The van der Waals surface area contributed by atoms with Gasteiger partial charge in [0.2, 0.25) is 5.91 Å². The molecule has 0 bridgehead atoms. The number of hydrogen-bond acceptors (Lipinski definition) is 4. The summed E-state index contributed by atoms with van der Waals surface area (Å²) in [6, 6.07) is 6.06. The fraction of sp³-hybridized carbons (Fsp3) is 0.611. The smallest absolute Gasteiger partial charge is 0.238 e. The molecule has 1 heterocycles. The first-order chi connectivity index (χ1) is 10.7. The zero-order valence-electron chi connectivity index (χ0n) is 15.3. The molecule has 0 aliphatic carbocycles. The summed E-state index contributed by atoms with van der Waals surface area (Å²) in [7, 11) is 0. The number of carbonyl (C=O) groups excluding carboxylic acids is 1. The van der Waals surface area contributed by atoms with Crippen LogP contribution in [0, 0.1) is 13.8 Å². The minimum atomic E-state index is -0.165. The van der Waals surface area contributed by atoms with Gasteiger partial charge in [0.1, 0.15) is 0 Å². The second-order valence-corrected chi connectivity index (χ2v) is 7.36. The molecule has 1 aromatic carbocycles. The van der Waals surface area contributed by atoms with Crippen LogP contribution in [0.15, 0.2) is 18.2 Å². The van der Waals surface area contributed by atoms with Gasteiger partial charge in [0.25, 0.3) is 0 Å². The molecule has 1 saturated heterocycles. The van der Waals surface area contributed by atoms with Crippen LogP contribution in [0.2, 0.25) is 0 Å². The summed E-state index contributed by atoms with van der Waals surface area (Å²) in [4.78, 5) is 16.9. The maximum atomic E-state index is 12.3. The molecule has 0 atom stereocenters. The average Bonchev–Trinajstić information content (AvgIpc) is 2.44. The van der Waals surface area contributed by atoms with Crippen LogP contribution >= 0.6 is 12.4 Å². The standard InChI is InChI=1S/C18H30N4O.ClH/c1-14-6-5-7-15(2)17(14)20-16(23)12-21-8-10-22(11-9-21)13-18(3,4)19;/h5-7H,8-13,19H2,1-4H3,(H,20,23);1H. The van der Waals surface area contributed by atoms with Crippen LogP contribution in [0.1, 0.15) is 25.0 Å². The van der Waals surface area contributed by atoms with Crippen molar-refractivity contribution in [2.45, 2.75) is 33.2 Å². The number of para-hydroxylation sites is 1. The van der Waals surface area contributed by atoms with E-state index < -0.39 is 0 Å². The topological polar surface area (TPSA) is 61.6 Å². The third-order valence-corrected chi connectivity index (χ3v) is 4.21. The molecule has 0 spiro atoms. The Labute approximate surface area is 152 Å². The molecule has 136 valence electrons. The molecule has 24 heavy (non-hydrogen) atoms. The van der Waals surface area contributed by atoms with Gasteiger partial charge in [-0.15, -0.1) is 12.4 Å². The summed E-state index contributed by atoms with van der Waals surface area (Å²) in [5, 5.41) is 3.06. The van der Waals surface area contributed by atoms with Gasteiger partial charge in [-0.2, -0.15) is 0 Å². The molecule has 1 aliphatic rings. The van der Waals surface area contributed by atoms with Gasteiger partial charge < -0.3 is 11.1 Å². The lowest BCUT2D eigenvalue weighted by molar-refractivity contribution is -0.117. The van der Waals surface area contributed by atoms with Crippen molar-refractivity contribution < 1.29 is 4.79 Å². The van der Waals surface area contributed by atoms with Crippen molar-refractivity contribution in [2.75, 3.05) is 44.6 Å². The Morgan fingerprint density at radius 2 is 1.62 bits per heavy atom. The van der Waals surface area contributed by atoms with Crippen molar-refractivity contribution >= 4 is 24.0 Å². The number of carbonyl (C=O) groups is 1. The molecule has 5 nitrogen and oxygen atoms in total. The van der Waals surface area contributed by atoms with E-state index in [4.69, 9.17) is 5.73 Å².